The average molecular weight is 200 g/mol. The van der Waals surface area contributed by atoms with Crippen molar-refractivity contribution in [2.45, 2.75) is 0 Å². The summed E-state index contributed by atoms with van der Waals surface area (Å²) in [7, 11) is 0. The van der Waals surface area contributed by atoms with Crippen LogP contribution in [-0.4, -0.2) is 14.9 Å². The highest BCUT2D eigenvalue weighted by atomic mass is 15.4. The van der Waals surface area contributed by atoms with Gasteiger partial charge in [-0.25, -0.2) is 4.68 Å². The summed E-state index contributed by atoms with van der Waals surface area (Å²) in [6.45, 7) is 0. The smallest absolute Gasteiger partial charge is 0.241 e. The van der Waals surface area contributed by atoms with E-state index in [0.717, 1.165) is 0 Å². The van der Waals surface area contributed by atoms with Crippen LogP contribution in [0.5, 0.6) is 0 Å². The predicted octanol–water partition coefficient (Wildman–Crippen LogP) is 0.113. The monoisotopic (exact) mass is 200 g/mol. The Kier molecular flexibility index (Phi) is 1.99. The minimum atomic E-state index is 0.132. The summed E-state index contributed by atoms with van der Waals surface area (Å²) in [5.74, 6) is 6.18. The van der Waals surface area contributed by atoms with Crippen LogP contribution in [0.3, 0.4) is 0 Å². The Labute approximate surface area is 85.7 Å². The SMILES string of the molecule is N#Cc1cccc(-c2nnc(N)n2N)c1. The van der Waals surface area contributed by atoms with Crippen molar-refractivity contribution in [3.8, 4) is 17.5 Å². The van der Waals surface area contributed by atoms with Gasteiger partial charge in [-0.15, -0.1) is 10.2 Å². The second-order valence-electron chi connectivity index (χ2n) is 2.94. The summed E-state index contributed by atoms with van der Waals surface area (Å²) in [4.78, 5) is 0. The molecule has 0 saturated carbocycles. The van der Waals surface area contributed by atoms with Gasteiger partial charge < -0.3 is 11.6 Å². The maximum absolute atomic E-state index is 8.73. The van der Waals surface area contributed by atoms with Gasteiger partial charge in [0.05, 0.1) is 11.6 Å². The average Bonchev–Trinajstić information content (AvgIpc) is 2.60. The van der Waals surface area contributed by atoms with Gasteiger partial charge in [0.1, 0.15) is 0 Å². The van der Waals surface area contributed by atoms with Crippen molar-refractivity contribution in [2.24, 2.45) is 0 Å². The lowest BCUT2D eigenvalue weighted by atomic mass is 10.1. The molecule has 0 aliphatic heterocycles. The van der Waals surface area contributed by atoms with E-state index in [1.807, 2.05) is 6.07 Å². The topological polar surface area (TPSA) is 107 Å². The molecule has 2 rings (SSSR count). The highest BCUT2D eigenvalue weighted by molar-refractivity contribution is 5.59. The van der Waals surface area contributed by atoms with E-state index in [4.69, 9.17) is 16.8 Å². The zero-order valence-corrected chi connectivity index (χ0v) is 7.75. The Morgan fingerprint density at radius 2 is 2.13 bits per heavy atom. The molecule has 0 radical (unpaired) electrons. The number of nitrogens with two attached hydrogens (primary N) is 2. The first-order valence-electron chi connectivity index (χ1n) is 4.19. The second-order valence-corrected chi connectivity index (χ2v) is 2.94. The summed E-state index contributed by atoms with van der Waals surface area (Å²) in [6, 6.07) is 8.94. The van der Waals surface area contributed by atoms with Crippen molar-refractivity contribution in [1.82, 2.24) is 14.9 Å². The third-order valence-corrected chi connectivity index (χ3v) is 1.97. The zero-order valence-electron chi connectivity index (χ0n) is 7.75. The van der Waals surface area contributed by atoms with Gasteiger partial charge in [-0.1, -0.05) is 12.1 Å². The van der Waals surface area contributed by atoms with E-state index in [-0.39, 0.29) is 5.95 Å². The van der Waals surface area contributed by atoms with Gasteiger partial charge in [0.25, 0.3) is 0 Å². The van der Waals surface area contributed by atoms with Crippen LogP contribution in [0.25, 0.3) is 11.4 Å². The molecule has 1 aromatic heterocycles. The van der Waals surface area contributed by atoms with E-state index in [2.05, 4.69) is 10.2 Å². The van der Waals surface area contributed by atoms with Gasteiger partial charge in [-0.05, 0) is 12.1 Å². The van der Waals surface area contributed by atoms with E-state index in [1.165, 1.54) is 4.68 Å². The lowest BCUT2D eigenvalue weighted by molar-refractivity contribution is 1.02. The Morgan fingerprint density at radius 3 is 2.73 bits per heavy atom. The fraction of sp³-hybridized carbons (Fsp3) is 0. The first-order chi connectivity index (χ1) is 7.22. The molecule has 4 N–H and O–H groups in total. The van der Waals surface area contributed by atoms with E-state index < -0.39 is 0 Å². The molecule has 0 unspecified atom stereocenters. The molecule has 0 saturated heterocycles. The van der Waals surface area contributed by atoms with Crippen molar-refractivity contribution < 1.29 is 0 Å². The Balaban J connectivity index is 2.55. The summed E-state index contributed by atoms with van der Waals surface area (Å²) >= 11 is 0. The third kappa shape index (κ3) is 1.46. The lowest BCUT2D eigenvalue weighted by Gasteiger charge is -2.00. The van der Waals surface area contributed by atoms with Gasteiger partial charge in [0.2, 0.25) is 5.95 Å². The normalized spacial score (nSPS) is 9.80. The van der Waals surface area contributed by atoms with Crippen molar-refractivity contribution in [2.75, 3.05) is 11.6 Å². The van der Waals surface area contributed by atoms with Gasteiger partial charge in [0, 0.05) is 5.56 Å². The standard InChI is InChI=1S/C9H8N6/c10-5-6-2-1-3-7(4-6)8-13-14-9(11)15(8)12/h1-4H,12H2,(H2,11,14). The first kappa shape index (κ1) is 9.02. The molecule has 0 fully saturated rings. The van der Waals surface area contributed by atoms with Crippen LogP contribution in [0.2, 0.25) is 0 Å². The lowest BCUT2D eigenvalue weighted by Crippen LogP contribution is -2.13. The second kappa shape index (κ2) is 3.31. The molecular formula is C9H8N6. The van der Waals surface area contributed by atoms with Crippen LogP contribution in [0.1, 0.15) is 5.56 Å². The molecular weight excluding hydrogens is 192 g/mol. The highest BCUT2D eigenvalue weighted by Gasteiger charge is 2.08. The minimum absolute atomic E-state index is 0.132. The van der Waals surface area contributed by atoms with E-state index >= 15 is 0 Å². The number of hydrogen-bond donors (Lipinski definition) is 2. The minimum Gasteiger partial charge on any atom is -0.366 e. The van der Waals surface area contributed by atoms with Gasteiger partial charge in [-0.3, -0.25) is 0 Å². The molecule has 0 spiro atoms. The third-order valence-electron chi connectivity index (χ3n) is 1.97. The summed E-state index contributed by atoms with van der Waals surface area (Å²) < 4.78 is 1.18. The molecule has 0 aliphatic rings. The van der Waals surface area contributed by atoms with Crippen LogP contribution in [0.4, 0.5) is 5.95 Å². The Morgan fingerprint density at radius 1 is 1.33 bits per heavy atom. The van der Waals surface area contributed by atoms with Gasteiger partial charge in [0.15, 0.2) is 5.82 Å². The fourth-order valence-electron chi connectivity index (χ4n) is 1.23. The number of aromatic nitrogens is 3. The number of benzene rings is 1. The fourth-order valence-corrected chi connectivity index (χ4v) is 1.23. The highest BCUT2D eigenvalue weighted by Crippen LogP contribution is 2.17. The van der Waals surface area contributed by atoms with E-state index in [0.29, 0.717) is 17.0 Å². The van der Waals surface area contributed by atoms with Gasteiger partial charge >= 0.3 is 0 Å². The Bertz CT molecular complexity index is 536. The number of hydrogen-bond acceptors (Lipinski definition) is 5. The Hall–Kier alpha value is -2.55. The van der Waals surface area contributed by atoms with Crippen molar-refractivity contribution in [1.29, 1.82) is 5.26 Å². The van der Waals surface area contributed by atoms with E-state index in [9.17, 15) is 0 Å². The predicted molar refractivity (Wildman–Crippen MR) is 54.7 cm³/mol. The molecule has 74 valence electrons. The van der Waals surface area contributed by atoms with Crippen LogP contribution >= 0.6 is 0 Å². The quantitative estimate of drug-likeness (QED) is 0.635. The van der Waals surface area contributed by atoms with Crippen LogP contribution in [0, 0.1) is 11.3 Å². The summed E-state index contributed by atoms with van der Waals surface area (Å²) in [6.07, 6.45) is 0. The number of rotatable bonds is 1. The van der Waals surface area contributed by atoms with Crippen LogP contribution in [-0.2, 0) is 0 Å². The van der Waals surface area contributed by atoms with Crippen molar-refractivity contribution in [3.63, 3.8) is 0 Å². The molecule has 0 amide bonds. The first-order valence-corrected chi connectivity index (χ1v) is 4.19. The molecule has 2 aromatic rings. The molecule has 0 aliphatic carbocycles. The van der Waals surface area contributed by atoms with Crippen molar-refractivity contribution >= 4 is 5.95 Å². The van der Waals surface area contributed by atoms with E-state index in [1.54, 1.807) is 24.3 Å². The number of anilines is 1. The molecule has 15 heavy (non-hydrogen) atoms. The molecule has 0 atom stereocenters. The summed E-state index contributed by atoms with van der Waals surface area (Å²) in [5, 5.41) is 16.2. The van der Waals surface area contributed by atoms with Crippen LogP contribution in [0.15, 0.2) is 24.3 Å². The molecule has 0 bridgehead atoms. The zero-order chi connectivity index (χ0) is 10.8. The molecule has 6 nitrogen and oxygen atoms in total. The molecule has 1 aromatic carbocycles. The largest absolute Gasteiger partial charge is 0.366 e. The maximum atomic E-state index is 8.73. The number of nitriles is 1. The van der Waals surface area contributed by atoms with Crippen LogP contribution < -0.4 is 11.6 Å². The van der Waals surface area contributed by atoms with Crippen molar-refractivity contribution in [3.05, 3.63) is 29.8 Å². The molecule has 1 heterocycles. The summed E-state index contributed by atoms with van der Waals surface area (Å²) in [5.41, 5.74) is 6.69. The maximum Gasteiger partial charge on any atom is 0.241 e. The van der Waals surface area contributed by atoms with Gasteiger partial charge in [-0.2, -0.15) is 5.26 Å². The molecule has 6 heteroatoms. The number of nitrogen functional groups attached to an aromatic ring is 2. The number of nitrogens with zero attached hydrogens (tertiary/aromatic N) is 4.